The highest BCUT2D eigenvalue weighted by Gasteiger charge is 2.18. The minimum Gasteiger partial charge on any atom is -0.496 e. The minimum absolute atomic E-state index is 0.0909. The zero-order chi connectivity index (χ0) is 14.5. The summed E-state index contributed by atoms with van der Waals surface area (Å²) in [5, 5.41) is 0. The number of hydrogen-bond donors (Lipinski definition) is 1. The molecule has 4 nitrogen and oxygen atoms in total. The van der Waals surface area contributed by atoms with Crippen molar-refractivity contribution in [2.75, 3.05) is 18.6 Å². The number of hydrogen-bond acceptors (Lipinski definition) is 4. The predicted molar refractivity (Wildman–Crippen MR) is 81.0 cm³/mol. The van der Waals surface area contributed by atoms with E-state index in [0.717, 1.165) is 35.9 Å². The molecule has 1 aromatic heterocycles. The molecule has 2 N–H and O–H groups in total. The fraction of sp³-hybridized carbons (Fsp3) is 0.375. The zero-order valence-corrected chi connectivity index (χ0v) is 12.3. The molecule has 0 fully saturated rings. The van der Waals surface area contributed by atoms with Crippen molar-refractivity contribution in [2.45, 2.75) is 26.4 Å². The Labute approximate surface area is 120 Å². The highest BCUT2D eigenvalue weighted by atomic mass is 16.5. The van der Waals surface area contributed by atoms with E-state index in [1.54, 1.807) is 13.4 Å². The van der Waals surface area contributed by atoms with E-state index >= 15 is 0 Å². The monoisotopic (exact) mass is 274 g/mol. The van der Waals surface area contributed by atoms with Crippen LogP contribution in [0.3, 0.4) is 0 Å². The van der Waals surface area contributed by atoms with Crippen LogP contribution in [0.5, 0.6) is 5.75 Å². The van der Waals surface area contributed by atoms with Gasteiger partial charge >= 0.3 is 0 Å². The van der Waals surface area contributed by atoms with Gasteiger partial charge in [0.05, 0.1) is 19.9 Å². The number of furan rings is 1. The van der Waals surface area contributed by atoms with E-state index in [9.17, 15) is 0 Å². The first-order valence-electron chi connectivity index (χ1n) is 6.87. The number of methoxy groups -OCH3 is 1. The second kappa shape index (κ2) is 6.48. The van der Waals surface area contributed by atoms with Gasteiger partial charge in [0.1, 0.15) is 11.5 Å². The Kier molecular flexibility index (Phi) is 4.69. The SMILES string of the molecule is CCN(Cc1ccco1)c1cccc(OC)c1[C@@H](C)N. The van der Waals surface area contributed by atoms with Gasteiger partial charge in [0.15, 0.2) is 0 Å². The molecular weight excluding hydrogens is 252 g/mol. The number of nitrogens with zero attached hydrogens (tertiary/aromatic N) is 1. The largest absolute Gasteiger partial charge is 0.496 e. The summed E-state index contributed by atoms with van der Waals surface area (Å²) in [4.78, 5) is 2.24. The van der Waals surface area contributed by atoms with Gasteiger partial charge in [-0.3, -0.25) is 0 Å². The third-order valence-electron chi connectivity index (χ3n) is 3.37. The number of nitrogens with two attached hydrogens (primary N) is 1. The highest BCUT2D eigenvalue weighted by Crippen LogP contribution is 2.34. The molecule has 0 unspecified atom stereocenters. The molecule has 0 saturated heterocycles. The van der Waals surface area contributed by atoms with E-state index in [1.807, 2.05) is 31.2 Å². The van der Waals surface area contributed by atoms with Crippen molar-refractivity contribution in [3.05, 3.63) is 47.9 Å². The van der Waals surface area contributed by atoms with Crippen molar-refractivity contribution in [1.29, 1.82) is 0 Å². The van der Waals surface area contributed by atoms with E-state index in [0.29, 0.717) is 0 Å². The fourth-order valence-electron chi connectivity index (χ4n) is 2.40. The summed E-state index contributed by atoms with van der Waals surface area (Å²) in [7, 11) is 1.67. The molecule has 1 heterocycles. The van der Waals surface area contributed by atoms with Crippen LogP contribution in [0.4, 0.5) is 5.69 Å². The Morgan fingerprint density at radius 3 is 2.65 bits per heavy atom. The van der Waals surface area contributed by atoms with Gasteiger partial charge in [-0.15, -0.1) is 0 Å². The van der Waals surface area contributed by atoms with Crippen molar-refractivity contribution in [2.24, 2.45) is 5.73 Å². The minimum atomic E-state index is -0.0909. The standard InChI is InChI=1S/C16H22N2O2/c1-4-18(11-13-7-6-10-20-13)14-8-5-9-15(19-3)16(14)12(2)17/h5-10,12H,4,11,17H2,1-3H3/t12-/m1/s1. The Bertz CT molecular complexity index is 535. The van der Waals surface area contributed by atoms with E-state index in [2.05, 4.69) is 17.9 Å². The summed E-state index contributed by atoms with van der Waals surface area (Å²) >= 11 is 0. The van der Waals surface area contributed by atoms with Crippen LogP contribution < -0.4 is 15.4 Å². The molecule has 20 heavy (non-hydrogen) atoms. The van der Waals surface area contributed by atoms with Crippen LogP contribution in [0, 0.1) is 0 Å². The summed E-state index contributed by atoms with van der Waals surface area (Å²) in [6.45, 7) is 5.68. The van der Waals surface area contributed by atoms with Crippen LogP contribution in [0.1, 0.15) is 31.2 Å². The first kappa shape index (κ1) is 14.5. The normalized spacial score (nSPS) is 12.2. The van der Waals surface area contributed by atoms with Crippen molar-refractivity contribution < 1.29 is 9.15 Å². The van der Waals surface area contributed by atoms with E-state index in [4.69, 9.17) is 14.9 Å². The summed E-state index contributed by atoms with van der Waals surface area (Å²) in [6, 6.07) is 9.81. The van der Waals surface area contributed by atoms with Gasteiger partial charge in [0, 0.05) is 23.8 Å². The first-order valence-corrected chi connectivity index (χ1v) is 6.87. The molecule has 0 bridgehead atoms. The van der Waals surface area contributed by atoms with Crippen LogP contribution in [-0.4, -0.2) is 13.7 Å². The molecule has 0 aliphatic carbocycles. The maximum absolute atomic E-state index is 6.13. The van der Waals surface area contributed by atoms with Crippen LogP contribution in [0.15, 0.2) is 41.0 Å². The summed E-state index contributed by atoms with van der Waals surface area (Å²) in [5.41, 5.74) is 8.25. The van der Waals surface area contributed by atoms with Gasteiger partial charge in [-0.25, -0.2) is 0 Å². The molecule has 0 radical (unpaired) electrons. The molecule has 1 aromatic carbocycles. The lowest BCUT2D eigenvalue weighted by Gasteiger charge is -2.27. The number of ether oxygens (including phenoxy) is 1. The average Bonchev–Trinajstić information content (AvgIpc) is 2.96. The molecule has 4 heteroatoms. The van der Waals surface area contributed by atoms with E-state index in [-0.39, 0.29) is 6.04 Å². The third kappa shape index (κ3) is 2.96. The van der Waals surface area contributed by atoms with Gasteiger partial charge < -0.3 is 19.8 Å². The summed E-state index contributed by atoms with van der Waals surface area (Å²) < 4.78 is 10.9. The van der Waals surface area contributed by atoms with Crippen molar-refractivity contribution in [3.63, 3.8) is 0 Å². The van der Waals surface area contributed by atoms with E-state index in [1.165, 1.54) is 0 Å². The fourth-order valence-corrected chi connectivity index (χ4v) is 2.40. The Hall–Kier alpha value is -1.94. The summed E-state index contributed by atoms with van der Waals surface area (Å²) in [5.74, 6) is 1.76. The molecule has 0 aliphatic heterocycles. The number of rotatable bonds is 6. The van der Waals surface area contributed by atoms with Crippen LogP contribution in [0.2, 0.25) is 0 Å². The third-order valence-corrected chi connectivity index (χ3v) is 3.37. The molecule has 0 aliphatic rings. The molecule has 1 atom stereocenters. The number of benzene rings is 1. The lowest BCUT2D eigenvalue weighted by molar-refractivity contribution is 0.406. The Morgan fingerprint density at radius 1 is 1.30 bits per heavy atom. The van der Waals surface area contributed by atoms with Crippen LogP contribution in [-0.2, 0) is 6.54 Å². The lowest BCUT2D eigenvalue weighted by atomic mass is 10.0. The smallest absolute Gasteiger partial charge is 0.125 e. The molecule has 0 amide bonds. The maximum Gasteiger partial charge on any atom is 0.125 e. The topological polar surface area (TPSA) is 51.6 Å². The second-order valence-corrected chi connectivity index (χ2v) is 4.78. The zero-order valence-electron chi connectivity index (χ0n) is 12.3. The van der Waals surface area contributed by atoms with Crippen molar-refractivity contribution in [3.8, 4) is 5.75 Å². The molecule has 108 valence electrons. The van der Waals surface area contributed by atoms with Crippen LogP contribution in [0.25, 0.3) is 0 Å². The predicted octanol–water partition coefficient (Wildman–Crippen LogP) is 3.33. The van der Waals surface area contributed by atoms with Gasteiger partial charge in [-0.1, -0.05) is 6.07 Å². The molecule has 2 aromatic rings. The van der Waals surface area contributed by atoms with Crippen LogP contribution >= 0.6 is 0 Å². The van der Waals surface area contributed by atoms with Gasteiger partial charge in [-0.2, -0.15) is 0 Å². The molecule has 2 rings (SSSR count). The first-order chi connectivity index (χ1) is 9.67. The second-order valence-electron chi connectivity index (χ2n) is 4.78. The van der Waals surface area contributed by atoms with Gasteiger partial charge in [0.2, 0.25) is 0 Å². The quantitative estimate of drug-likeness (QED) is 0.877. The average molecular weight is 274 g/mol. The summed E-state index contributed by atoms with van der Waals surface area (Å²) in [6.07, 6.45) is 1.70. The maximum atomic E-state index is 6.13. The number of anilines is 1. The van der Waals surface area contributed by atoms with Gasteiger partial charge in [0.25, 0.3) is 0 Å². The Balaban J connectivity index is 2.38. The van der Waals surface area contributed by atoms with E-state index < -0.39 is 0 Å². The van der Waals surface area contributed by atoms with Crippen molar-refractivity contribution >= 4 is 5.69 Å². The van der Waals surface area contributed by atoms with Gasteiger partial charge in [-0.05, 0) is 38.1 Å². The lowest BCUT2D eigenvalue weighted by Crippen LogP contribution is -2.24. The molecule has 0 saturated carbocycles. The molecule has 0 spiro atoms. The van der Waals surface area contributed by atoms with Crippen molar-refractivity contribution in [1.82, 2.24) is 0 Å². The highest BCUT2D eigenvalue weighted by molar-refractivity contribution is 5.60. The Morgan fingerprint density at radius 2 is 2.10 bits per heavy atom. The molecular formula is C16H22N2O2.